The van der Waals surface area contributed by atoms with Gasteiger partial charge in [0.05, 0.1) is 18.2 Å². The van der Waals surface area contributed by atoms with Crippen LogP contribution < -0.4 is 15.0 Å². The number of rotatable bonds is 5. The van der Waals surface area contributed by atoms with Crippen LogP contribution in [0.3, 0.4) is 0 Å². The highest BCUT2D eigenvalue weighted by atomic mass is 35.5. The number of thiazole rings is 1. The highest BCUT2D eigenvalue weighted by Crippen LogP contribution is 2.27. The summed E-state index contributed by atoms with van der Waals surface area (Å²) in [5, 5.41) is 6.43. The summed E-state index contributed by atoms with van der Waals surface area (Å²) in [5.41, 5.74) is 0.670. The van der Waals surface area contributed by atoms with Gasteiger partial charge < -0.3 is 15.0 Å². The Labute approximate surface area is 156 Å². The number of carbonyl (C=O) groups is 1. The number of benzene rings is 1. The highest BCUT2D eigenvalue weighted by Gasteiger charge is 2.26. The number of methoxy groups -OCH3 is 1. The molecule has 1 N–H and O–H groups in total. The maximum Gasteiger partial charge on any atom is 0.241 e. The molecule has 0 spiro atoms. The fraction of sp³-hybridized carbons (Fsp3) is 0.412. The van der Waals surface area contributed by atoms with E-state index in [-0.39, 0.29) is 11.9 Å². The molecule has 1 aliphatic rings. The molecule has 8 heteroatoms. The number of carbonyl (C=O) groups excluding carboxylic acids is 1. The van der Waals surface area contributed by atoms with Crippen LogP contribution in [0.15, 0.2) is 29.8 Å². The van der Waals surface area contributed by atoms with Gasteiger partial charge in [-0.25, -0.2) is 4.98 Å². The van der Waals surface area contributed by atoms with E-state index in [1.807, 2.05) is 18.5 Å². The third-order valence-electron chi connectivity index (χ3n) is 4.35. The van der Waals surface area contributed by atoms with Crippen molar-refractivity contribution in [1.82, 2.24) is 9.88 Å². The van der Waals surface area contributed by atoms with Gasteiger partial charge in [-0.1, -0.05) is 11.6 Å². The quantitative estimate of drug-likeness (QED) is 0.864. The molecule has 6 nitrogen and oxygen atoms in total. The second-order valence-corrected chi connectivity index (χ2v) is 7.13. The topological polar surface area (TPSA) is 57.7 Å². The van der Waals surface area contributed by atoms with Crippen molar-refractivity contribution in [3.8, 4) is 5.75 Å². The largest absolute Gasteiger partial charge is 0.495 e. The zero-order chi connectivity index (χ0) is 17.8. The van der Waals surface area contributed by atoms with Gasteiger partial charge in [-0.05, 0) is 25.1 Å². The van der Waals surface area contributed by atoms with Gasteiger partial charge in [0.2, 0.25) is 5.91 Å². The Balaban J connectivity index is 1.55. The monoisotopic (exact) mass is 380 g/mol. The summed E-state index contributed by atoms with van der Waals surface area (Å²) >= 11 is 7.75. The second-order valence-electron chi connectivity index (χ2n) is 5.85. The molecule has 3 rings (SSSR count). The second kappa shape index (κ2) is 8.03. The van der Waals surface area contributed by atoms with Crippen molar-refractivity contribution in [2.24, 2.45) is 0 Å². The summed E-state index contributed by atoms with van der Waals surface area (Å²) < 4.78 is 5.13. The van der Waals surface area contributed by atoms with Gasteiger partial charge in [-0.3, -0.25) is 9.69 Å². The maximum atomic E-state index is 12.5. The molecule has 1 fully saturated rings. The van der Waals surface area contributed by atoms with Crippen LogP contribution in [0, 0.1) is 0 Å². The van der Waals surface area contributed by atoms with E-state index in [0.29, 0.717) is 16.5 Å². The predicted molar refractivity (Wildman–Crippen MR) is 102 cm³/mol. The van der Waals surface area contributed by atoms with Gasteiger partial charge >= 0.3 is 0 Å². The van der Waals surface area contributed by atoms with Crippen LogP contribution in [-0.2, 0) is 4.79 Å². The van der Waals surface area contributed by atoms with Crippen LogP contribution in [0.4, 0.5) is 10.8 Å². The lowest BCUT2D eigenvalue weighted by molar-refractivity contribution is -0.120. The van der Waals surface area contributed by atoms with Crippen LogP contribution in [0.1, 0.15) is 6.92 Å². The summed E-state index contributed by atoms with van der Waals surface area (Å²) in [6.45, 7) is 5.34. The summed E-state index contributed by atoms with van der Waals surface area (Å²) in [6, 6.07) is 5.02. The molecule has 0 radical (unpaired) electrons. The molecule has 0 saturated carbocycles. The first-order valence-electron chi connectivity index (χ1n) is 8.11. The van der Waals surface area contributed by atoms with Crippen LogP contribution in [-0.4, -0.2) is 55.1 Å². The molecule has 1 atom stereocenters. The average Bonchev–Trinajstić information content (AvgIpc) is 3.16. The number of piperazine rings is 1. The number of amides is 1. The zero-order valence-corrected chi connectivity index (χ0v) is 15.8. The first-order chi connectivity index (χ1) is 12.1. The minimum Gasteiger partial charge on any atom is -0.495 e. The summed E-state index contributed by atoms with van der Waals surface area (Å²) in [5.74, 6) is 0.551. The van der Waals surface area contributed by atoms with E-state index in [1.165, 1.54) is 0 Å². The number of nitrogens with zero attached hydrogens (tertiary/aromatic N) is 3. The van der Waals surface area contributed by atoms with E-state index in [2.05, 4.69) is 20.1 Å². The fourth-order valence-corrected chi connectivity index (χ4v) is 3.78. The predicted octanol–water partition coefficient (Wildman–Crippen LogP) is 2.95. The van der Waals surface area contributed by atoms with E-state index in [1.54, 1.807) is 36.6 Å². The lowest BCUT2D eigenvalue weighted by atomic mass is 10.2. The van der Waals surface area contributed by atoms with Crippen molar-refractivity contribution in [3.63, 3.8) is 0 Å². The van der Waals surface area contributed by atoms with E-state index in [9.17, 15) is 4.79 Å². The van der Waals surface area contributed by atoms with Gasteiger partial charge in [0.15, 0.2) is 5.13 Å². The third-order valence-corrected chi connectivity index (χ3v) is 5.48. The third kappa shape index (κ3) is 4.23. The van der Waals surface area contributed by atoms with E-state index in [4.69, 9.17) is 16.3 Å². The van der Waals surface area contributed by atoms with Gasteiger partial charge in [0.1, 0.15) is 5.75 Å². The van der Waals surface area contributed by atoms with Crippen LogP contribution in [0.25, 0.3) is 0 Å². The Kier molecular flexibility index (Phi) is 5.78. The molecule has 0 aliphatic carbocycles. The van der Waals surface area contributed by atoms with Gasteiger partial charge in [0, 0.05) is 43.4 Å². The number of anilines is 2. The number of aromatic nitrogens is 1. The van der Waals surface area contributed by atoms with Crippen LogP contribution in [0.5, 0.6) is 5.75 Å². The summed E-state index contributed by atoms with van der Waals surface area (Å²) in [4.78, 5) is 21.3. The molecule has 1 amide bonds. The van der Waals surface area contributed by atoms with Gasteiger partial charge in [-0.15, -0.1) is 11.3 Å². The molecule has 1 saturated heterocycles. The van der Waals surface area contributed by atoms with Crippen molar-refractivity contribution in [3.05, 3.63) is 34.8 Å². The lowest BCUT2D eigenvalue weighted by Crippen LogP contribution is -2.52. The molecule has 1 unspecified atom stereocenters. The molecule has 25 heavy (non-hydrogen) atoms. The number of hydrogen-bond acceptors (Lipinski definition) is 6. The van der Waals surface area contributed by atoms with Crippen molar-refractivity contribution in [2.75, 3.05) is 43.5 Å². The number of halogens is 1. The van der Waals surface area contributed by atoms with Crippen molar-refractivity contribution < 1.29 is 9.53 Å². The van der Waals surface area contributed by atoms with E-state index < -0.39 is 0 Å². The Morgan fingerprint density at radius 2 is 2.12 bits per heavy atom. The number of ether oxygens (including phenoxy) is 1. The molecule has 1 aromatic heterocycles. The van der Waals surface area contributed by atoms with Gasteiger partial charge in [-0.2, -0.15) is 0 Å². The maximum absolute atomic E-state index is 12.5. The molecule has 0 bridgehead atoms. The van der Waals surface area contributed by atoms with Crippen molar-refractivity contribution in [1.29, 1.82) is 0 Å². The first kappa shape index (κ1) is 18.0. The Morgan fingerprint density at radius 3 is 2.72 bits per heavy atom. The lowest BCUT2D eigenvalue weighted by Gasteiger charge is -2.37. The standard InChI is InChI=1S/C17H21ClN4O2S/c1-12(16(23)20-13-3-4-15(24-2)14(18)11-13)21-6-8-22(9-7-21)17-19-5-10-25-17/h3-5,10-12H,6-9H2,1-2H3,(H,20,23). The van der Waals surface area contributed by atoms with Crippen molar-refractivity contribution >= 4 is 39.7 Å². The Hall–Kier alpha value is -1.83. The normalized spacial score (nSPS) is 16.5. The van der Waals surface area contributed by atoms with Gasteiger partial charge in [0.25, 0.3) is 0 Å². The Morgan fingerprint density at radius 1 is 1.36 bits per heavy atom. The first-order valence-corrected chi connectivity index (χ1v) is 9.37. The van der Waals surface area contributed by atoms with Crippen LogP contribution in [0.2, 0.25) is 5.02 Å². The van der Waals surface area contributed by atoms with E-state index >= 15 is 0 Å². The number of hydrogen-bond donors (Lipinski definition) is 1. The molecule has 2 aromatic rings. The fourth-order valence-electron chi connectivity index (χ4n) is 2.83. The molecular formula is C17H21ClN4O2S. The minimum atomic E-state index is -0.209. The molecule has 134 valence electrons. The van der Waals surface area contributed by atoms with E-state index in [0.717, 1.165) is 31.3 Å². The number of nitrogens with one attached hydrogen (secondary N) is 1. The van der Waals surface area contributed by atoms with Crippen LogP contribution >= 0.6 is 22.9 Å². The SMILES string of the molecule is COc1ccc(NC(=O)C(C)N2CCN(c3nccs3)CC2)cc1Cl. The Bertz CT molecular complexity index is 717. The minimum absolute atomic E-state index is 0.0380. The smallest absolute Gasteiger partial charge is 0.241 e. The van der Waals surface area contributed by atoms with Crippen molar-refractivity contribution in [2.45, 2.75) is 13.0 Å². The molecule has 1 aromatic carbocycles. The highest BCUT2D eigenvalue weighted by molar-refractivity contribution is 7.13. The molecule has 1 aliphatic heterocycles. The zero-order valence-electron chi connectivity index (χ0n) is 14.2. The summed E-state index contributed by atoms with van der Waals surface area (Å²) in [7, 11) is 1.56. The molecule has 2 heterocycles. The average molecular weight is 381 g/mol. The summed E-state index contributed by atoms with van der Waals surface area (Å²) in [6.07, 6.45) is 1.82. The molecular weight excluding hydrogens is 360 g/mol.